The van der Waals surface area contributed by atoms with E-state index in [0.29, 0.717) is 6.54 Å². The predicted molar refractivity (Wildman–Crippen MR) is 86.0 cm³/mol. The molecule has 3 rings (SSSR count). The lowest BCUT2D eigenvalue weighted by Gasteiger charge is -2.38. The van der Waals surface area contributed by atoms with Gasteiger partial charge >= 0.3 is 0 Å². The van der Waals surface area contributed by atoms with Gasteiger partial charge < -0.3 is 10.6 Å². The molecule has 0 aliphatic carbocycles. The highest BCUT2D eigenvalue weighted by Gasteiger charge is 2.38. The van der Waals surface area contributed by atoms with Crippen LogP contribution in [0, 0.1) is 5.41 Å². The highest BCUT2D eigenvalue weighted by molar-refractivity contribution is 6.00. The third kappa shape index (κ3) is 2.51. The molecule has 0 radical (unpaired) electrons. The fourth-order valence-electron chi connectivity index (χ4n) is 2.96. The Morgan fingerprint density at radius 1 is 1.14 bits per heavy atom. The molecule has 108 valence electrons. The molecule has 0 unspecified atom stereocenters. The molecule has 0 atom stereocenters. The number of benzene rings is 2. The van der Waals surface area contributed by atoms with E-state index in [1.54, 1.807) is 0 Å². The van der Waals surface area contributed by atoms with Crippen LogP contribution in [-0.2, 0) is 17.8 Å². The van der Waals surface area contributed by atoms with Crippen molar-refractivity contribution in [2.24, 2.45) is 5.41 Å². The first-order valence-corrected chi connectivity index (χ1v) is 7.22. The van der Waals surface area contributed by atoms with Crippen LogP contribution in [0.15, 0.2) is 48.5 Å². The maximum absolute atomic E-state index is 12.8. The second kappa shape index (κ2) is 4.92. The monoisotopic (exact) mass is 280 g/mol. The second-order valence-corrected chi connectivity index (χ2v) is 6.33. The molecule has 0 saturated carbocycles. The van der Waals surface area contributed by atoms with E-state index in [-0.39, 0.29) is 5.91 Å². The summed E-state index contributed by atoms with van der Waals surface area (Å²) in [7, 11) is 0. The first kappa shape index (κ1) is 13.7. The number of carbonyl (C=O) groups excluding carboxylic acids is 1. The topological polar surface area (TPSA) is 46.3 Å². The lowest BCUT2D eigenvalue weighted by atomic mass is 9.80. The van der Waals surface area contributed by atoms with Crippen LogP contribution in [-0.4, -0.2) is 5.91 Å². The first-order chi connectivity index (χ1) is 9.97. The summed E-state index contributed by atoms with van der Waals surface area (Å²) >= 11 is 0. The van der Waals surface area contributed by atoms with Gasteiger partial charge in [-0.15, -0.1) is 0 Å². The second-order valence-electron chi connectivity index (χ2n) is 6.33. The molecule has 0 fully saturated rings. The van der Waals surface area contributed by atoms with Crippen LogP contribution >= 0.6 is 0 Å². The van der Waals surface area contributed by atoms with Gasteiger partial charge in [0.05, 0.1) is 6.54 Å². The van der Waals surface area contributed by atoms with Gasteiger partial charge in [0.25, 0.3) is 0 Å². The number of nitrogens with zero attached hydrogens (tertiary/aromatic N) is 1. The van der Waals surface area contributed by atoms with Crippen molar-refractivity contribution in [2.45, 2.75) is 26.8 Å². The van der Waals surface area contributed by atoms with Gasteiger partial charge in [-0.3, -0.25) is 4.79 Å². The summed E-state index contributed by atoms with van der Waals surface area (Å²) < 4.78 is 0. The zero-order valence-corrected chi connectivity index (χ0v) is 12.5. The van der Waals surface area contributed by atoms with Gasteiger partial charge in [-0.05, 0) is 35.7 Å². The molecule has 2 aromatic carbocycles. The molecule has 1 heterocycles. The number of nitrogens with two attached hydrogens (primary N) is 1. The number of hydrogen-bond acceptors (Lipinski definition) is 2. The van der Waals surface area contributed by atoms with Gasteiger partial charge in [-0.2, -0.15) is 0 Å². The van der Waals surface area contributed by atoms with Gasteiger partial charge in [0.1, 0.15) is 0 Å². The molecule has 3 heteroatoms. The molecule has 21 heavy (non-hydrogen) atoms. The van der Waals surface area contributed by atoms with E-state index in [4.69, 9.17) is 5.73 Å². The average molecular weight is 280 g/mol. The molecule has 0 bridgehead atoms. The fraction of sp³-hybridized carbons (Fsp3) is 0.278. The van der Waals surface area contributed by atoms with Crippen LogP contribution in [0.25, 0.3) is 0 Å². The fourth-order valence-corrected chi connectivity index (χ4v) is 2.96. The zero-order valence-electron chi connectivity index (χ0n) is 12.5. The minimum Gasteiger partial charge on any atom is -0.399 e. The van der Waals surface area contributed by atoms with Gasteiger partial charge in [0.2, 0.25) is 5.91 Å². The molecular formula is C18H20N2O. The van der Waals surface area contributed by atoms with Gasteiger partial charge in [0.15, 0.2) is 0 Å². The molecule has 0 spiro atoms. The van der Waals surface area contributed by atoms with Crippen molar-refractivity contribution in [1.82, 2.24) is 0 Å². The van der Waals surface area contributed by atoms with E-state index in [1.807, 2.05) is 67.3 Å². The lowest BCUT2D eigenvalue weighted by molar-refractivity contribution is -0.127. The zero-order chi connectivity index (χ0) is 15.0. The van der Waals surface area contributed by atoms with Gasteiger partial charge in [-0.1, -0.05) is 44.2 Å². The molecular weight excluding hydrogens is 260 g/mol. The molecule has 3 nitrogen and oxygen atoms in total. The van der Waals surface area contributed by atoms with E-state index in [2.05, 4.69) is 0 Å². The minimum absolute atomic E-state index is 0.170. The van der Waals surface area contributed by atoms with Crippen molar-refractivity contribution >= 4 is 17.3 Å². The quantitative estimate of drug-likeness (QED) is 0.857. The molecule has 1 amide bonds. The Hall–Kier alpha value is -2.29. The van der Waals surface area contributed by atoms with Crippen LogP contribution in [0.5, 0.6) is 0 Å². The van der Waals surface area contributed by atoms with Gasteiger partial charge in [-0.25, -0.2) is 0 Å². The third-order valence-electron chi connectivity index (χ3n) is 4.03. The summed E-state index contributed by atoms with van der Waals surface area (Å²) in [5.41, 5.74) is 9.52. The Morgan fingerprint density at radius 3 is 2.57 bits per heavy atom. The lowest BCUT2D eigenvalue weighted by Crippen LogP contribution is -2.45. The predicted octanol–water partition coefficient (Wildman–Crippen LogP) is 3.38. The highest BCUT2D eigenvalue weighted by Crippen LogP contribution is 2.38. The van der Waals surface area contributed by atoms with E-state index in [1.165, 1.54) is 0 Å². The van der Waals surface area contributed by atoms with Gasteiger partial charge in [0, 0.05) is 16.8 Å². The summed E-state index contributed by atoms with van der Waals surface area (Å²) in [4.78, 5) is 14.7. The smallest absolute Gasteiger partial charge is 0.233 e. The number of carbonyl (C=O) groups is 1. The van der Waals surface area contributed by atoms with Crippen molar-refractivity contribution in [3.05, 3.63) is 59.7 Å². The Morgan fingerprint density at radius 2 is 1.86 bits per heavy atom. The Balaban J connectivity index is 2.04. The summed E-state index contributed by atoms with van der Waals surface area (Å²) in [6, 6.07) is 15.9. The number of nitrogen functional groups attached to an aromatic ring is 1. The highest BCUT2D eigenvalue weighted by atomic mass is 16.2. The van der Waals surface area contributed by atoms with Crippen LogP contribution in [0.1, 0.15) is 25.0 Å². The van der Waals surface area contributed by atoms with Crippen molar-refractivity contribution in [3.8, 4) is 0 Å². The Kier molecular flexibility index (Phi) is 3.20. The summed E-state index contributed by atoms with van der Waals surface area (Å²) in [5.74, 6) is 0.170. The molecule has 0 aromatic heterocycles. The van der Waals surface area contributed by atoms with Crippen molar-refractivity contribution in [1.29, 1.82) is 0 Å². The first-order valence-electron chi connectivity index (χ1n) is 7.22. The maximum Gasteiger partial charge on any atom is 0.233 e. The van der Waals surface area contributed by atoms with Crippen molar-refractivity contribution in [2.75, 3.05) is 10.6 Å². The third-order valence-corrected chi connectivity index (χ3v) is 4.03. The van der Waals surface area contributed by atoms with Crippen LogP contribution in [0.3, 0.4) is 0 Å². The number of fused-ring (bicyclic) bond motifs is 1. The normalized spacial score (nSPS) is 16.7. The summed E-state index contributed by atoms with van der Waals surface area (Å²) in [6.07, 6.45) is 0.734. The number of hydrogen-bond donors (Lipinski definition) is 1. The van der Waals surface area contributed by atoms with Crippen molar-refractivity contribution in [3.63, 3.8) is 0 Å². The Labute approximate surface area is 125 Å². The van der Waals surface area contributed by atoms with E-state index in [9.17, 15) is 4.79 Å². The largest absolute Gasteiger partial charge is 0.399 e. The molecule has 2 N–H and O–H groups in total. The average Bonchev–Trinajstić information content (AvgIpc) is 2.44. The van der Waals surface area contributed by atoms with Crippen molar-refractivity contribution < 1.29 is 4.79 Å². The van der Waals surface area contributed by atoms with E-state index >= 15 is 0 Å². The molecule has 1 aliphatic heterocycles. The summed E-state index contributed by atoms with van der Waals surface area (Å²) in [5, 5.41) is 0. The van der Waals surface area contributed by atoms with Crippen LogP contribution in [0.2, 0.25) is 0 Å². The number of anilines is 2. The van der Waals surface area contributed by atoms with E-state index in [0.717, 1.165) is 28.9 Å². The standard InChI is InChI=1S/C18H20N2O/c1-18(2)11-14-10-15(19)8-9-16(14)20(17(18)21)12-13-6-4-3-5-7-13/h3-10H,11-12,19H2,1-2H3. The maximum atomic E-state index is 12.8. The number of amides is 1. The number of rotatable bonds is 2. The van der Waals surface area contributed by atoms with Crippen LogP contribution < -0.4 is 10.6 Å². The SMILES string of the molecule is CC1(C)Cc2cc(N)ccc2N(Cc2ccccc2)C1=O. The minimum atomic E-state index is -0.393. The Bertz CT molecular complexity index is 677. The molecule has 0 saturated heterocycles. The van der Waals surface area contributed by atoms with E-state index < -0.39 is 5.41 Å². The molecule has 1 aliphatic rings. The summed E-state index contributed by atoms with van der Waals surface area (Å²) in [6.45, 7) is 4.60. The van der Waals surface area contributed by atoms with Crippen LogP contribution in [0.4, 0.5) is 11.4 Å². The molecule has 2 aromatic rings.